The molecule has 1 amide bonds. The molecule has 0 bridgehead atoms. The van der Waals surface area contributed by atoms with Gasteiger partial charge in [-0.3, -0.25) is 4.79 Å². The summed E-state index contributed by atoms with van der Waals surface area (Å²) in [5, 5.41) is 2.31. The van der Waals surface area contributed by atoms with Gasteiger partial charge in [0.05, 0.1) is 6.04 Å². The first-order valence-corrected chi connectivity index (χ1v) is 6.92. The summed E-state index contributed by atoms with van der Waals surface area (Å²) < 4.78 is 58.0. The lowest BCUT2D eigenvalue weighted by molar-refractivity contribution is -0.224. The largest absolute Gasteiger partial charge is 0.352 e. The van der Waals surface area contributed by atoms with Crippen molar-refractivity contribution in [3.63, 3.8) is 0 Å². The molecule has 0 aromatic heterocycles. The van der Waals surface area contributed by atoms with Crippen molar-refractivity contribution in [3.8, 4) is 0 Å². The van der Waals surface area contributed by atoms with Crippen LogP contribution < -0.4 is 5.32 Å². The molecule has 2 aromatic carbocycles. The second-order valence-corrected chi connectivity index (χ2v) is 5.11. The van der Waals surface area contributed by atoms with Gasteiger partial charge in [0, 0.05) is 11.1 Å². The Morgan fingerprint density at radius 3 is 2.09 bits per heavy atom. The molecule has 23 heavy (non-hydrogen) atoms. The molecule has 0 fully saturated rings. The molecule has 2 aromatic rings. The summed E-state index contributed by atoms with van der Waals surface area (Å²) in [5.74, 6) is -8.81. The van der Waals surface area contributed by atoms with Gasteiger partial charge in [0.1, 0.15) is 0 Å². The molecule has 0 saturated heterocycles. The molecule has 0 unspecified atom stereocenters. The molecule has 0 aliphatic rings. The van der Waals surface area contributed by atoms with Gasteiger partial charge in [0.25, 0.3) is 0 Å². The molecule has 6 heteroatoms. The van der Waals surface area contributed by atoms with E-state index in [1.807, 2.05) is 0 Å². The van der Waals surface area contributed by atoms with Crippen LogP contribution in [0.3, 0.4) is 0 Å². The maximum atomic E-state index is 14.6. The van der Waals surface area contributed by atoms with Crippen LogP contribution in [0.4, 0.5) is 17.6 Å². The topological polar surface area (TPSA) is 29.1 Å². The number of amides is 1. The van der Waals surface area contributed by atoms with Gasteiger partial charge in [-0.05, 0) is 12.5 Å². The van der Waals surface area contributed by atoms with E-state index in [9.17, 15) is 22.4 Å². The highest BCUT2D eigenvalue weighted by Gasteiger charge is 2.59. The number of hydrogen-bond donors (Lipinski definition) is 1. The molecule has 1 atom stereocenters. The third-order valence-corrected chi connectivity index (χ3v) is 3.61. The minimum atomic E-state index is -4.43. The van der Waals surface area contributed by atoms with Crippen LogP contribution in [0, 0.1) is 0 Å². The standard InChI is InChI=1S/C17H15F4NO/c1-12(22-11-23)14-9-5-6-10-15(14)17(20,21)16(18,19)13-7-3-2-4-8-13/h2-12H,1H3,(H,22,23)/t12-/m0/s1. The molecule has 1 N–H and O–H groups in total. The summed E-state index contributed by atoms with van der Waals surface area (Å²) in [6.45, 7) is 1.45. The average molecular weight is 325 g/mol. The van der Waals surface area contributed by atoms with Crippen molar-refractivity contribution in [1.82, 2.24) is 5.32 Å². The van der Waals surface area contributed by atoms with Gasteiger partial charge in [0.15, 0.2) is 0 Å². The first-order valence-electron chi connectivity index (χ1n) is 6.92. The van der Waals surface area contributed by atoms with Crippen molar-refractivity contribution in [3.05, 3.63) is 71.3 Å². The van der Waals surface area contributed by atoms with E-state index in [0.717, 1.165) is 18.2 Å². The Kier molecular flexibility index (Phi) is 4.73. The Morgan fingerprint density at radius 1 is 0.913 bits per heavy atom. The van der Waals surface area contributed by atoms with Gasteiger partial charge >= 0.3 is 11.8 Å². The molecular formula is C17H15F4NO. The van der Waals surface area contributed by atoms with Crippen LogP contribution in [0.1, 0.15) is 29.7 Å². The maximum absolute atomic E-state index is 14.6. The predicted molar refractivity (Wildman–Crippen MR) is 78.3 cm³/mol. The van der Waals surface area contributed by atoms with Crippen LogP contribution in [0.15, 0.2) is 54.6 Å². The molecule has 122 valence electrons. The van der Waals surface area contributed by atoms with Crippen LogP contribution in [-0.4, -0.2) is 6.41 Å². The molecule has 0 heterocycles. The minimum absolute atomic E-state index is 0.0554. The Bertz CT molecular complexity index is 673. The highest BCUT2D eigenvalue weighted by Crippen LogP contribution is 2.50. The molecule has 0 spiro atoms. The number of carbonyl (C=O) groups is 1. The second kappa shape index (κ2) is 6.40. The van der Waals surface area contributed by atoms with Crippen molar-refractivity contribution >= 4 is 6.41 Å². The zero-order valence-corrected chi connectivity index (χ0v) is 12.3. The SMILES string of the molecule is C[C@H](NC=O)c1ccccc1C(F)(F)C(F)(F)c1ccccc1. The normalized spacial score (nSPS) is 13.4. The van der Waals surface area contributed by atoms with Crippen molar-refractivity contribution in [2.75, 3.05) is 0 Å². The Hall–Kier alpha value is -2.37. The minimum Gasteiger partial charge on any atom is -0.352 e. The van der Waals surface area contributed by atoms with Crippen LogP contribution in [0.5, 0.6) is 0 Å². The first-order chi connectivity index (χ1) is 10.8. The Morgan fingerprint density at radius 2 is 1.48 bits per heavy atom. The summed E-state index contributed by atoms with van der Waals surface area (Å²) in [5.41, 5.74) is -1.63. The van der Waals surface area contributed by atoms with Crippen LogP contribution >= 0.6 is 0 Å². The summed E-state index contributed by atoms with van der Waals surface area (Å²) in [7, 11) is 0. The molecule has 0 aliphatic heterocycles. The van der Waals surface area contributed by atoms with Crippen molar-refractivity contribution < 1.29 is 22.4 Å². The van der Waals surface area contributed by atoms with E-state index in [4.69, 9.17) is 0 Å². The zero-order chi connectivity index (χ0) is 17.1. The molecule has 0 saturated carbocycles. The van der Waals surface area contributed by atoms with Gasteiger partial charge in [-0.2, -0.15) is 17.6 Å². The second-order valence-electron chi connectivity index (χ2n) is 5.11. The molecule has 0 radical (unpaired) electrons. The van der Waals surface area contributed by atoms with Gasteiger partial charge in [-0.1, -0.05) is 54.6 Å². The van der Waals surface area contributed by atoms with Gasteiger partial charge in [-0.25, -0.2) is 0 Å². The fourth-order valence-electron chi connectivity index (χ4n) is 2.35. The summed E-state index contributed by atoms with van der Waals surface area (Å²) in [4.78, 5) is 10.5. The van der Waals surface area contributed by atoms with Crippen LogP contribution in [0.2, 0.25) is 0 Å². The van der Waals surface area contributed by atoms with Crippen LogP contribution in [0.25, 0.3) is 0 Å². The lowest BCUT2D eigenvalue weighted by Crippen LogP contribution is -2.37. The van der Waals surface area contributed by atoms with E-state index in [-0.39, 0.29) is 5.56 Å². The van der Waals surface area contributed by atoms with Crippen molar-refractivity contribution in [2.24, 2.45) is 0 Å². The lowest BCUT2D eigenvalue weighted by atomic mass is 9.90. The Labute approximate surface area is 131 Å². The van der Waals surface area contributed by atoms with E-state index in [2.05, 4.69) is 5.32 Å². The quantitative estimate of drug-likeness (QED) is 0.620. The van der Waals surface area contributed by atoms with E-state index < -0.39 is 29.0 Å². The summed E-state index contributed by atoms with van der Waals surface area (Å²) in [6, 6.07) is 10.1. The van der Waals surface area contributed by atoms with Crippen molar-refractivity contribution in [2.45, 2.75) is 24.8 Å². The third kappa shape index (κ3) is 3.06. The number of halogens is 4. The third-order valence-electron chi connectivity index (χ3n) is 3.61. The zero-order valence-electron chi connectivity index (χ0n) is 12.3. The first kappa shape index (κ1) is 17.0. The number of alkyl halides is 4. The van der Waals surface area contributed by atoms with Gasteiger partial charge in [-0.15, -0.1) is 0 Å². The predicted octanol–water partition coefficient (Wildman–Crippen LogP) is 4.38. The highest BCUT2D eigenvalue weighted by molar-refractivity contribution is 5.49. The van der Waals surface area contributed by atoms with E-state index in [0.29, 0.717) is 6.41 Å². The summed E-state index contributed by atoms with van der Waals surface area (Å²) in [6.07, 6.45) is 0.342. The number of rotatable bonds is 6. The highest BCUT2D eigenvalue weighted by atomic mass is 19.3. The molecule has 2 rings (SSSR count). The van der Waals surface area contributed by atoms with E-state index in [1.54, 1.807) is 0 Å². The Balaban J connectivity index is 2.53. The summed E-state index contributed by atoms with van der Waals surface area (Å²) >= 11 is 0. The van der Waals surface area contributed by atoms with Crippen molar-refractivity contribution in [1.29, 1.82) is 0 Å². The fraction of sp³-hybridized carbons (Fsp3) is 0.235. The molecular weight excluding hydrogens is 310 g/mol. The monoisotopic (exact) mass is 325 g/mol. The van der Waals surface area contributed by atoms with E-state index >= 15 is 0 Å². The number of nitrogens with one attached hydrogen (secondary N) is 1. The number of hydrogen-bond acceptors (Lipinski definition) is 1. The smallest absolute Gasteiger partial charge is 0.340 e. The maximum Gasteiger partial charge on any atom is 0.340 e. The van der Waals surface area contributed by atoms with Gasteiger partial charge in [0.2, 0.25) is 6.41 Å². The number of carbonyl (C=O) groups excluding carboxylic acids is 1. The average Bonchev–Trinajstić information content (AvgIpc) is 2.55. The number of benzene rings is 2. The lowest BCUT2D eigenvalue weighted by Gasteiger charge is -2.30. The molecule has 2 nitrogen and oxygen atoms in total. The fourth-order valence-corrected chi connectivity index (χ4v) is 2.35. The van der Waals surface area contributed by atoms with Gasteiger partial charge < -0.3 is 5.32 Å². The van der Waals surface area contributed by atoms with E-state index in [1.165, 1.54) is 43.3 Å². The molecule has 0 aliphatic carbocycles. The van der Waals surface area contributed by atoms with Crippen LogP contribution in [-0.2, 0) is 16.6 Å².